The van der Waals surface area contributed by atoms with Crippen LogP contribution in [0, 0.1) is 17.6 Å². The van der Waals surface area contributed by atoms with Gasteiger partial charge < -0.3 is 15.3 Å². The van der Waals surface area contributed by atoms with Crippen molar-refractivity contribution in [2.45, 2.75) is 37.9 Å². The molecule has 0 saturated heterocycles. The van der Waals surface area contributed by atoms with E-state index >= 15 is 0 Å². The van der Waals surface area contributed by atoms with E-state index in [1.54, 1.807) is 30.3 Å². The molecule has 2 unspecified atom stereocenters. The third-order valence-electron chi connectivity index (χ3n) is 4.99. The Morgan fingerprint density at radius 1 is 0.968 bits per heavy atom. The van der Waals surface area contributed by atoms with Gasteiger partial charge in [0.25, 0.3) is 0 Å². The second-order valence-corrected chi connectivity index (χ2v) is 7.53. The van der Waals surface area contributed by atoms with E-state index < -0.39 is 24.6 Å². The van der Waals surface area contributed by atoms with Crippen LogP contribution in [0.3, 0.4) is 0 Å². The quantitative estimate of drug-likeness (QED) is 0.412. The molecule has 0 aromatic heterocycles. The van der Waals surface area contributed by atoms with Crippen molar-refractivity contribution in [2.75, 3.05) is 0 Å². The van der Waals surface area contributed by atoms with Gasteiger partial charge in [0, 0.05) is 6.42 Å². The van der Waals surface area contributed by atoms with E-state index in [4.69, 9.17) is 5.11 Å². The minimum atomic E-state index is -1.15. The minimum absolute atomic E-state index is 0. The number of hydrogen-bond donors (Lipinski definition) is 3. The Morgan fingerprint density at radius 3 is 1.87 bits per heavy atom. The topological polar surface area (TPSA) is 77.8 Å². The number of hydrogen-bond acceptors (Lipinski definition) is 3. The Balaban J connectivity index is 0.00000341. The summed E-state index contributed by atoms with van der Waals surface area (Å²) in [6.45, 7) is 0. The number of aliphatic hydroxyl groups excluding tert-OH is 2. The number of halogens is 2. The van der Waals surface area contributed by atoms with Crippen molar-refractivity contribution >= 4 is 41.1 Å². The molecule has 0 spiro atoms. The summed E-state index contributed by atoms with van der Waals surface area (Å²) in [5.74, 6) is -1.60. The van der Waals surface area contributed by atoms with Crippen LogP contribution in [-0.4, -0.2) is 63.1 Å². The average molecular weight is 438 g/mol. The van der Waals surface area contributed by atoms with Crippen LogP contribution in [0.15, 0.2) is 66.3 Å². The molecule has 3 N–H and O–H groups in total. The Labute approximate surface area is 202 Å². The summed E-state index contributed by atoms with van der Waals surface area (Å²) in [5, 5.41) is 28.7. The van der Waals surface area contributed by atoms with Crippen molar-refractivity contribution in [1.29, 1.82) is 0 Å². The average Bonchev–Trinajstić information content (AvgIpc) is 3.51. The van der Waals surface area contributed by atoms with Gasteiger partial charge in [0.1, 0.15) is 11.6 Å². The van der Waals surface area contributed by atoms with Crippen LogP contribution in [0.5, 0.6) is 0 Å². The first-order valence-electron chi connectivity index (χ1n) is 9.85. The number of carboxylic acid groups (broad SMARTS) is 1. The van der Waals surface area contributed by atoms with Gasteiger partial charge in [0.05, 0.1) is 18.6 Å². The first kappa shape index (κ1) is 25.4. The molecule has 0 amide bonds. The van der Waals surface area contributed by atoms with E-state index in [1.165, 1.54) is 30.3 Å². The van der Waals surface area contributed by atoms with E-state index in [2.05, 4.69) is 0 Å². The van der Waals surface area contributed by atoms with E-state index in [0.717, 1.165) is 35.1 Å². The second kappa shape index (κ2) is 11.7. The Morgan fingerprint density at radius 2 is 1.45 bits per heavy atom. The zero-order valence-corrected chi connectivity index (χ0v) is 16.3. The number of carbonyl (C=O) groups is 1. The molecule has 0 heterocycles. The van der Waals surface area contributed by atoms with Gasteiger partial charge in [-0.1, -0.05) is 36.4 Å². The molecule has 31 heavy (non-hydrogen) atoms. The zero-order valence-electron chi connectivity index (χ0n) is 16.3. The van der Waals surface area contributed by atoms with Crippen LogP contribution in [0.25, 0.3) is 5.57 Å². The van der Waals surface area contributed by atoms with E-state index in [9.17, 15) is 23.8 Å². The van der Waals surface area contributed by atoms with Gasteiger partial charge in [-0.15, -0.1) is 0 Å². The fraction of sp³-hybridized carbons (Fsp3) is 0.292. The van der Waals surface area contributed by atoms with Gasteiger partial charge in [-0.3, -0.25) is 4.79 Å². The number of carboxylic acids is 1. The molecule has 2 aromatic carbocycles. The van der Waals surface area contributed by atoms with Gasteiger partial charge in [-0.05, 0) is 65.3 Å². The van der Waals surface area contributed by atoms with Crippen molar-refractivity contribution in [3.63, 3.8) is 0 Å². The summed E-state index contributed by atoms with van der Waals surface area (Å²) in [4.78, 5) is 10.7. The van der Waals surface area contributed by atoms with Gasteiger partial charge in [0.2, 0.25) is 0 Å². The molecular weight excluding hydrogens is 413 g/mol. The van der Waals surface area contributed by atoms with Crippen molar-refractivity contribution in [3.8, 4) is 0 Å². The van der Waals surface area contributed by atoms with Crippen LogP contribution in [0.2, 0.25) is 0 Å². The predicted octanol–water partition coefficient (Wildman–Crippen LogP) is 3.67. The molecule has 2 aromatic rings. The van der Waals surface area contributed by atoms with Gasteiger partial charge in [0.15, 0.2) is 0 Å². The summed E-state index contributed by atoms with van der Waals surface area (Å²) in [6.07, 6.45) is 2.53. The van der Waals surface area contributed by atoms with Gasteiger partial charge in [-0.2, -0.15) is 0 Å². The maximum absolute atomic E-state index is 13.5. The summed E-state index contributed by atoms with van der Waals surface area (Å²) in [5.41, 5.74) is 3.30. The van der Waals surface area contributed by atoms with E-state index in [1.807, 2.05) is 0 Å². The number of aliphatic hydroxyl groups is 2. The molecule has 0 aliphatic heterocycles. The summed E-state index contributed by atoms with van der Waals surface area (Å²) < 4.78 is 26.9. The Hall–Kier alpha value is -1.83. The standard InChI is InChI=1S/C24H24F2O4.Na.H/c25-18-7-3-16(4-8-18)24(17-5-9-19(26)10-6-17)22(15-1-2-15)12-11-20(27)13-21(28)14-23(29)30;;/h3-12,15,20-21,27-28H,1-2,13-14H2,(H,29,30);;/b12-11+;;. The van der Waals surface area contributed by atoms with Gasteiger partial charge in [-0.25, -0.2) is 8.78 Å². The van der Waals surface area contributed by atoms with Crippen molar-refractivity contribution in [3.05, 3.63) is 89.0 Å². The predicted molar refractivity (Wildman–Crippen MR) is 117 cm³/mol. The third kappa shape index (κ3) is 7.66. The van der Waals surface area contributed by atoms with E-state index in [0.29, 0.717) is 0 Å². The maximum atomic E-state index is 13.5. The fourth-order valence-corrected chi connectivity index (χ4v) is 3.41. The molecule has 160 valence electrons. The third-order valence-corrected chi connectivity index (χ3v) is 4.99. The molecular formula is C24H25F2NaO4. The SMILES string of the molecule is O=C(O)CC(O)CC(O)/C=C/C(=C(c1ccc(F)cc1)c1ccc(F)cc1)C1CC1.[NaH]. The Bertz CT molecular complexity index is 888. The van der Waals surface area contributed by atoms with Crippen molar-refractivity contribution in [1.82, 2.24) is 0 Å². The molecule has 1 saturated carbocycles. The van der Waals surface area contributed by atoms with Crippen LogP contribution in [-0.2, 0) is 4.79 Å². The van der Waals surface area contributed by atoms with Crippen LogP contribution < -0.4 is 0 Å². The first-order chi connectivity index (χ1) is 14.3. The summed E-state index contributed by atoms with van der Waals surface area (Å²) >= 11 is 0. The van der Waals surface area contributed by atoms with Crippen molar-refractivity contribution < 1.29 is 28.9 Å². The van der Waals surface area contributed by atoms with E-state index in [-0.39, 0.29) is 53.5 Å². The first-order valence-corrected chi connectivity index (χ1v) is 9.85. The fourth-order valence-electron chi connectivity index (χ4n) is 3.41. The van der Waals surface area contributed by atoms with Crippen molar-refractivity contribution in [2.24, 2.45) is 5.92 Å². The molecule has 0 radical (unpaired) electrons. The zero-order chi connectivity index (χ0) is 21.7. The molecule has 4 nitrogen and oxygen atoms in total. The summed E-state index contributed by atoms with van der Waals surface area (Å²) in [7, 11) is 0. The molecule has 0 bridgehead atoms. The molecule has 7 heteroatoms. The van der Waals surface area contributed by atoms with Crippen LogP contribution in [0.4, 0.5) is 8.78 Å². The molecule has 1 aliphatic carbocycles. The Kier molecular flexibility index (Phi) is 9.59. The second-order valence-electron chi connectivity index (χ2n) is 7.53. The summed E-state index contributed by atoms with van der Waals surface area (Å²) in [6, 6.07) is 12.1. The van der Waals surface area contributed by atoms with Crippen LogP contribution >= 0.6 is 0 Å². The van der Waals surface area contributed by atoms with Gasteiger partial charge >= 0.3 is 35.5 Å². The number of benzene rings is 2. The number of rotatable bonds is 9. The molecule has 1 fully saturated rings. The normalized spacial score (nSPS) is 15.2. The number of aliphatic carboxylic acids is 1. The molecule has 2 atom stereocenters. The van der Waals surface area contributed by atoms with Crippen LogP contribution in [0.1, 0.15) is 36.8 Å². The monoisotopic (exact) mass is 438 g/mol. The number of allylic oxidation sites excluding steroid dienone is 2. The molecule has 3 rings (SSSR count). The molecule has 1 aliphatic rings.